The van der Waals surface area contributed by atoms with Crippen molar-refractivity contribution in [3.63, 3.8) is 0 Å². The highest BCUT2D eigenvalue weighted by Crippen LogP contribution is 2.45. The van der Waals surface area contributed by atoms with Gasteiger partial charge >= 0.3 is 0 Å². The van der Waals surface area contributed by atoms with Gasteiger partial charge in [-0.3, -0.25) is 0 Å². The predicted molar refractivity (Wildman–Crippen MR) is 115 cm³/mol. The SMILES string of the molecule is CS(=O)(=O)c1ccc(N2C=NC3=C(C2N)N(c2ccccc2Cl)C(N)S3)cc1. The molecule has 10 heteroatoms. The van der Waals surface area contributed by atoms with Crippen molar-refractivity contribution in [1.29, 1.82) is 0 Å². The fourth-order valence-electron chi connectivity index (χ4n) is 3.16. The van der Waals surface area contributed by atoms with Crippen LogP contribution in [0.15, 0.2) is 69.1 Å². The van der Waals surface area contributed by atoms with Crippen LogP contribution in [0, 0.1) is 0 Å². The van der Waals surface area contributed by atoms with E-state index in [1.807, 2.05) is 23.1 Å². The molecule has 7 nitrogen and oxygen atoms in total. The molecule has 0 radical (unpaired) electrons. The van der Waals surface area contributed by atoms with Crippen molar-refractivity contribution < 1.29 is 8.42 Å². The Balaban J connectivity index is 1.70. The summed E-state index contributed by atoms with van der Waals surface area (Å²) in [4.78, 5) is 8.41. The highest BCUT2D eigenvalue weighted by molar-refractivity contribution is 8.04. The van der Waals surface area contributed by atoms with E-state index in [0.29, 0.717) is 5.02 Å². The number of nitrogens with two attached hydrogens (primary N) is 2. The Morgan fingerprint density at radius 1 is 1.11 bits per heavy atom. The largest absolute Gasteiger partial charge is 0.313 e. The molecule has 2 aliphatic heterocycles. The minimum absolute atomic E-state index is 0.245. The van der Waals surface area contributed by atoms with Crippen LogP contribution in [0.4, 0.5) is 11.4 Å². The van der Waals surface area contributed by atoms with Crippen LogP contribution in [0.1, 0.15) is 0 Å². The van der Waals surface area contributed by atoms with Gasteiger partial charge in [0.15, 0.2) is 9.84 Å². The second-order valence-corrected chi connectivity index (χ2v) is 9.91. The first-order chi connectivity index (χ1) is 13.3. The van der Waals surface area contributed by atoms with Gasteiger partial charge in [0.05, 0.1) is 27.6 Å². The molecule has 146 valence electrons. The van der Waals surface area contributed by atoms with Crippen LogP contribution in [0.2, 0.25) is 5.02 Å². The van der Waals surface area contributed by atoms with Crippen molar-refractivity contribution in [2.45, 2.75) is 16.6 Å². The Bertz CT molecular complexity index is 1090. The Kier molecular flexibility index (Phi) is 4.88. The van der Waals surface area contributed by atoms with Gasteiger partial charge in [0, 0.05) is 11.9 Å². The van der Waals surface area contributed by atoms with Crippen LogP contribution in [0.5, 0.6) is 0 Å². The second kappa shape index (κ2) is 7.09. The third-order valence-electron chi connectivity index (χ3n) is 4.52. The molecule has 0 spiro atoms. The number of rotatable bonds is 3. The zero-order chi connectivity index (χ0) is 20.1. The normalized spacial score (nSPS) is 22.0. The number of hydrogen-bond acceptors (Lipinski definition) is 8. The molecule has 2 aromatic carbocycles. The fourth-order valence-corrected chi connectivity index (χ4v) is 5.02. The molecule has 0 fully saturated rings. The number of nitrogens with zero attached hydrogens (tertiary/aromatic N) is 3. The lowest BCUT2D eigenvalue weighted by Gasteiger charge is -2.36. The Labute approximate surface area is 172 Å². The molecule has 2 heterocycles. The van der Waals surface area contributed by atoms with Gasteiger partial charge in [0.1, 0.15) is 16.7 Å². The molecular formula is C18H18ClN5O2S2. The predicted octanol–water partition coefficient (Wildman–Crippen LogP) is 2.54. The second-order valence-electron chi connectivity index (χ2n) is 6.38. The van der Waals surface area contributed by atoms with Crippen molar-refractivity contribution in [1.82, 2.24) is 0 Å². The zero-order valence-electron chi connectivity index (χ0n) is 14.9. The lowest BCUT2D eigenvalue weighted by atomic mass is 10.2. The number of anilines is 2. The summed E-state index contributed by atoms with van der Waals surface area (Å²) < 4.78 is 23.4. The summed E-state index contributed by atoms with van der Waals surface area (Å²) in [6, 6.07) is 13.9. The number of aliphatic imine (C=N–C) groups is 1. The average molecular weight is 436 g/mol. The van der Waals surface area contributed by atoms with Crippen LogP contribution in [0.3, 0.4) is 0 Å². The summed E-state index contributed by atoms with van der Waals surface area (Å²) in [5.41, 5.74) is 14.7. The van der Waals surface area contributed by atoms with Gasteiger partial charge in [-0.2, -0.15) is 0 Å². The first-order valence-corrected chi connectivity index (χ1v) is 11.5. The summed E-state index contributed by atoms with van der Waals surface area (Å²) in [5, 5.41) is 1.31. The van der Waals surface area contributed by atoms with Crippen LogP contribution < -0.4 is 21.3 Å². The molecule has 2 unspecified atom stereocenters. The molecule has 28 heavy (non-hydrogen) atoms. The zero-order valence-corrected chi connectivity index (χ0v) is 17.2. The first-order valence-electron chi connectivity index (χ1n) is 8.36. The highest BCUT2D eigenvalue weighted by Gasteiger charge is 2.39. The molecule has 0 aliphatic carbocycles. The van der Waals surface area contributed by atoms with Crippen molar-refractivity contribution in [2.75, 3.05) is 16.1 Å². The maximum Gasteiger partial charge on any atom is 0.175 e. The van der Waals surface area contributed by atoms with Crippen molar-refractivity contribution in [3.8, 4) is 0 Å². The van der Waals surface area contributed by atoms with Gasteiger partial charge in [-0.15, -0.1) is 0 Å². The first kappa shape index (κ1) is 19.3. The quantitative estimate of drug-likeness (QED) is 0.763. The monoisotopic (exact) mass is 435 g/mol. The highest BCUT2D eigenvalue weighted by atomic mass is 35.5. The van der Waals surface area contributed by atoms with Crippen LogP contribution in [-0.4, -0.2) is 32.7 Å². The lowest BCUT2D eigenvalue weighted by Crippen LogP contribution is -2.50. The van der Waals surface area contributed by atoms with Crippen molar-refractivity contribution >= 4 is 50.9 Å². The van der Waals surface area contributed by atoms with Crippen molar-refractivity contribution in [2.24, 2.45) is 16.5 Å². The summed E-state index contributed by atoms with van der Waals surface area (Å²) in [6.45, 7) is 0. The average Bonchev–Trinajstić information content (AvgIpc) is 2.99. The van der Waals surface area contributed by atoms with E-state index < -0.39 is 21.5 Å². The Morgan fingerprint density at radius 3 is 2.43 bits per heavy atom. The van der Waals surface area contributed by atoms with E-state index in [9.17, 15) is 8.42 Å². The molecule has 4 N–H and O–H groups in total. The number of halogens is 1. The van der Waals surface area contributed by atoms with Crippen LogP contribution >= 0.6 is 23.4 Å². The van der Waals surface area contributed by atoms with Gasteiger partial charge in [-0.05, 0) is 36.4 Å². The minimum Gasteiger partial charge on any atom is -0.313 e. The fraction of sp³-hybridized carbons (Fsp3) is 0.167. The molecule has 4 rings (SSSR count). The van der Waals surface area contributed by atoms with E-state index in [1.54, 1.807) is 41.6 Å². The third-order valence-corrected chi connectivity index (χ3v) is 6.96. The number of thioether (sulfide) groups is 1. The number of para-hydroxylation sites is 1. The third kappa shape index (κ3) is 3.29. The molecule has 0 saturated heterocycles. The van der Waals surface area contributed by atoms with E-state index in [1.165, 1.54) is 18.0 Å². The van der Waals surface area contributed by atoms with Gasteiger partial charge < -0.3 is 21.3 Å². The molecule has 2 aliphatic rings. The standard InChI is InChI=1S/C18H18ClN5O2S2/c1-28(25,26)12-8-6-11(7-9-12)23-10-22-17-15(16(23)20)24(18(21)27-17)14-5-3-2-4-13(14)19/h2-10,16,18H,20-21H2,1H3. The summed E-state index contributed by atoms with van der Waals surface area (Å²) in [6.07, 6.45) is 2.24. The van der Waals surface area contributed by atoms with E-state index >= 15 is 0 Å². The lowest BCUT2D eigenvalue weighted by molar-refractivity contribution is 0.602. The molecule has 0 amide bonds. The summed E-state index contributed by atoms with van der Waals surface area (Å²) in [7, 11) is -3.27. The summed E-state index contributed by atoms with van der Waals surface area (Å²) in [5.74, 6) is 0. The van der Waals surface area contributed by atoms with Crippen molar-refractivity contribution in [3.05, 3.63) is 64.3 Å². The van der Waals surface area contributed by atoms with Gasteiger partial charge in [0.2, 0.25) is 0 Å². The van der Waals surface area contributed by atoms with Crippen LogP contribution in [0.25, 0.3) is 0 Å². The smallest absolute Gasteiger partial charge is 0.175 e. The summed E-state index contributed by atoms with van der Waals surface area (Å²) >= 11 is 7.79. The van der Waals surface area contributed by atoms with E-state index in [0.717, 1.165) is 22.1 Å². The molecule has 0 bridgehead atoms. The Hall–Kier alpha value is -2.04. The van der Waals surface area contributed by atoms with Gasteiger partial charge in [0.25, 0.3) is 0 Å². The molecular weight excluding hydrogens is 418 g/mol. The maximum atomic E-state index is 11.7. The number of sulfone groups is 1. The van der Waals surface area contributed by atoms with E-state index in [-0.39, 0.29) is 4.90 Å². The molecule has 2 aromatic rings. The van der Waals surface area contributed by atoms with E-state index in [2.05, 4.69) is 4.99 Å². The number of hydrogen-bond donors (Lipinski definition) is 2. The minimum atomic E-state index is -3.27. The van der Waals surface area contributed by atoms with Gasteiger partial charge in [-0.1, -0.05) is 35.5 Å². The molecule has 2 atom stereocenters. The number of benzene rings is 2. The molecule has 0 aromatic heterocycles. The molecule has 0 saturated carbocycles. The van der Waals surface area contributed by atoms with E-state index in [4.69, 9.17) is 23.1 Å². The maximum absolute atomic E-state index is 11.7. The van der Waals surface area contributed by atoms with Crippen LogP contribution in [-0.2, 0) is 9.84 Å². The topological polar surface area (TPSA) is 105 Å². The Morgan fingerprint density at radius 2 is 1.79 bits per heavy atom. The van der Waals surface area contributed by atoms with Gasteiger partial charge in [-0.25, -0.2) is 13.4 Å².